The van der Waals surface area contributed by atoms with Crippen molar-refractivity contribution in [2.45, 2.75) is 58.4 Å². The molecule has 0 aromatic heterocycles. The minimum Gasteiger partial charge on any atom is -0.381 e. The maximum atomic E-state index is 5.58. The Kier molecular flexibility index (Phi) is 6.21. The predicted octanol–water partition coefficient (Wildman–Crippen LogP) is 3.69. The summed E-state index contributed by atoms with van der Waals surface area (Å²) in [7, 11) is 0. The first-order valence-electron chi connectivity index (χ1n) is 8.13. The van der Waals surface area contributed by atoms with Crippen LogP contribution >= 0.6 is 11.8 Å². The highest BCUT2D eigenvalue weighted by atomic mass is 32.2. The molecule has 0 aromatic rings. The zero-order chi connectivity index (χ0) is 14.4. The second-order valence-electron chi connectivity index (χ2n) is 6.89. The molecule has 4 heteroatoms. The average Bonchev–Trinajstić information content (AvgIpc) is 2.81. The van der Waals surface area contributed by atoms with Gasteiger partial charge in [0.2, 0.25) is 0 Å². The van der Waals surface area contributed by atoms with Gasteiger partial charge in [0.15, 0.2) is 5.17 Å². The minimum atomic E-state index is 0.365. The summed E-state index contributed by atoms with van der Waals surface area (Å²) in [5, 5.41) is 4.88. The normalized spacial score (nSPS) is 32.2. The van der Waals surface area contributed by atoms with E-state index in [2.05, 4.69) is 26.1 Å². The summed E-state index contributed by atoms with van der Waals surface area (Å²) in [6, 6.07) is 0. The summed E-state index contributed by atoms with van der Waals surface area (Å²) >= 11 is 1.92. The van der Waals surface area contributed by atoms with Crippen LogP contribution in [0.4, 0.5) is 0 Å². The highest BCUT2D eigenvalue weighted by molar-refractivity contribution is 8.14. The smallest absolute Gasteiger partial charge is 0.157 e. The quantitative estimate of drug-likeness (QED) is 0.759. The molecule has 2 fully saturated rings. The van der Waals surface area contributed by atoms with Gasteiger partial charge in [0.05, 0.1) is 0 Å². The number of hydrogen-bond acceptors (Lipinski definition) is 3. The number of hydrogen-bond donors (Lipinski definition) is 1. The monoisotopic (exact) mass is 298 g/mol. The van der Waals surface area contributed by atoms with E-state index in [9.17, 15) is 0 Å². The Hall–Kier alpha value is -0.220. The molecule has 0 radical (unpaired) electrons. The summed E-state index contributed by atoms with van der Waals surface area (Å²) in [6.45, 7) is 9.34. The Morgan fingerprint density at radius 2 is 2.15 bits per heavy atom. The van der Waals surface area contributed by atoms with Crippen LogP contribution in [0.5, 0.6) is 0 Å². The number of rotatable bonds is 6. The van der Waals surface area contributed by atoms with E-state index in [1.807, 2.05) is 11.8 Å². The summed E-state index contributed by atoms with van der Waals surface area (Å²) in [6.07, 6.45) is 6.39. The summed E-state index contributed by atoms with van der Waals surface area (Å²) in [5.41, 5.74) is 0.365. The molecular formula is C16H30N2OS. The van der Waals surface area contributed by atoms with E-state index in [1.54, 1.807) is 0 Å². The average molecular weight is 298 g/mol. The predicted molar refractivity (Wildman–Crippen MR) is 88.5 cm³/mol. The third kappa shape index (κ3) is 4.96. The molecule has 0 bridgehead atoms. The van der Waals surface area contributed by atoms with Gasteiger partial charge in [0.25, 0.3) is 0 Å². The summed E-state index contributed by atoms with van der Waals surface area (Å²) in [5.74, 6) is 2.75. The van der Waals surface area contributed by atoms with Crippen LogP contribution in [0.2, 0.25) is 0 Å². The first-order valence-corrected chi connectivity index (χ1v) is 9.11. The van der Waals surface area contributed by atoms with Crippen molar-refractivity contribution >= 4 is 16.9 Å². The first-order chi connectivity index (χ1) is 9.60. The Bertz CT molecular complexity index is 322. The van der Waals surface area contributed by atoms with Gasteiger partial charge in [-0.2, -0.15) is 0 Å². The van der Waals surface area contributed by atoms with Gasteiger partial charge in [-0.3, -0.25) is 4.99 Å². The van der Waals surface area contributed by atoms with Gasteiger partial charge in [-0.25, -0.2) is 0 Å². The molecule has 2 rings (SSSR count). The third-order valence-electron chi connectivity index (χ3n) is 4.24. The lowest BCUT2D eigenvalue weighted by molar-refractivity contribution is 0.109. The number of nitrogens with one attached hydrogen (secondary N) is 1. The van der Waals surface area contributed by atoms with Crippen molar-refractivity contribution in [2.75, 3.05) is 25.5 Å². The highest BCUT2D eigenvalue weighted by Gasteiger charge is 2.39. The zero-order valence-corrected chi connectivity index (χ0v) is 14.1. The molecule has 0 aromatic carbocycles. The molecule has 1 heterocycles. The molecule has 2 aliphatic rings. The third-order valence-corrected chi connectivity index (χ3v) is 5.44. The van der Waals surface area contributed by atoms with E-state index in [4.69, 9.17) is 9.73 Å². The SMILES string of the molecule is CC(C)COCCCN=C1NC2(CCC(C)CC2)CS1. The molecule has 0 unspecified atom stereocenters. The molecule has 0 amide bonds. The van der Waals surface area contributed by atoms with Crippen molar-refractivity contribution < 1.29 is 4.74 Å². The fraction of sp³-hybridized carbons (Fsp3) is 0.938. The molecule has 1 saturated heterocycles. The number of amidine groups is 1. The summed E-state index contributed by atoms with van der Waals surface area (Å²) < 4.78 is 5.58. The Morgan fingerprint density at radius 3 is 2.85 bits per heavy atom. The first kappa shape index (κ1) is 16.2. The Labute approximate surface area is 128 Å². The molecule has 1 aliphatic carbocycles. The molecule has 3 nitrogen and oxygen atoms in total. The van der Waals surface area contributed by atoms with Gasteiger partial charge < -0.3 is 10.1 Å². The lowest BCUT2D eigenvalue weighted by Crippen LogP contribution is -2.46. The van der Waals surface area contributed by atoms with Gasteiger partial charge in [0.1, 0.15) is 0 Å². The molecule has 116 valence electrons. The Morgan fingerprint density at radius 1 is 1.40 bits per heavy atom. The fourth-order valence-electron chi connectivity index (χ4n) is 2.84. The number of aliphatic imine (C=N–C) groups is 1. The fourth-order valence-corrected chi connectivity index (χ4v) is 4.09. The van der Waals surface area contributed by atoms with Gasteiger partial charge in [-0.1, -0.05) is 32.5 Å². The van der Waals surface area contributed by atoms with Crippen molar-refractivity contribution in [3.63, 3.8) is 0 Å². The lowest BCUT2D eigenvalue weighted by atomic mass is 9.78. The van der Waals surface area contributed by atoms with E-state index in [-0.39, 0.29) is 0 Å². The standard InChI is InChI=1S/C16H30N2OS/c1-13(2)11-19-10-4-9-17-15-18-16(12-20-15)7-5-14(3)6-8-16/h13-14H,4-12H2,1-3H3,(H,17,18). The van der Waals surface area contributed by atoms with Crippen molar-refractivity contribution in [3.05, 3.63) is 0 Å². The van der Waals surface area contributed by atoms with Crippen molar-refractivity contribution in [1.29, 1.82) is 0 Å². The van der Waals surface area contributed by atoms with E-state index < -0.39 is 0 Å². The Balaban J connectivity index is 1.64. The molecule has 1 aliphatic heterocycles. The van der Waals surface area contributed by atoms with E-state index >= 15 is 0 Å². The van der Waals surface area contributed by atoms with Crippen LogP contribution in [0.25, 0.3) is 0 Å². The van der Waals surface area contributed by atoms with Gasteiger partial charge in [-0.05, 0) is 43.9 Å². The van der Waals surface area contributed by atoms with E-state index in [1.165, 1.54) is 36.6 Å². The van der Waals surface area contributed by atoms with Crippen LogP contribution in [0.3, 0.4) is 0 Å². The van der Waals surface area contributed by atoms with Crippen molar-refractivity contribution in [2.24, 2.45) is 16.8 Å². The van der Waals surface area contributed by atoms with Crippen LogP contribution in [0.1, 0.15) is 52.9 Å². The molecule has 1 spiro atoms. The maximum absolute atomic E-state index is 5.58. The number of thioether (sulfide) groups is 1. The lowest BCUT2D eigenvalue weighted by Gasteiger charge is -2.35. The minimum absolute atomic E-state index is 0.365. The van der Waals surface area contributed by atoms with Crippen molar-refractivity contribution in [3.8, 4) is 0 Å². The van der Waals surface area contributed by atoms with Crippen LogP contribution in [-0.2, 0) is 4.74 Å². The van der Waals surface area contributed by atoms with Crippen LogP contribution in [-0.4, -0.2) is 36.2 Å². The molecule has 20 heavy (non-hydrogen) atoms. The van der Waals surface area contributed by atoms with E-state index in [0.717, 1.165) is 32.1 Å². The highest BCUT2D eigenvalue weighted by Crippen LogP contribution is 2.38. The van der Waals surface area contributed by atoms with E-state index in [0.29, 0.717) is 11.5 Å². The van der Waals surface area contributed by atoms with Crippen LogP contribution < -0.4 is 5.32 Å². The summed E-state index contributed by atoms with van der Waals surface area (Å²) in [4.78, 5) is 4.70. The topological polar surface area (TPSA) is 33.6 Å². The molecule has 1 N–H and O–H groups in total. The molecular weight excluding hydrogens is 268 g/mol. The van der Waals surface area contributed by atoms with Gasteiger partial charge in [0, 0.05) is 31.1 Å². The van der Waals surface area contributed by atoms with Crippen molar-refractivity contribution in [1.82, 2.24) is 5.32 Å². The van der Waals surface area contributed by atoms with Gasteiger partial charge in [-0.15, -0.1) is 0 Å². The largest absolute Gasteiger partial charge is 0.381 e. The molecule has 0 atom stereocenters. The van der Waals surface area contributed by atoms with Crippen LogP contribution in [0, 0.1) is 11.8 Å². The van der Waals surface area contributed by atoms with Crippen LogP contribution in [0.15, 0.2) is 4.99 Å². The second-order valence-corrected chi connectivity index (χ2v) is 7.85. The molecule has 1 saturated carbocycles. The number of nitrogens with zero attached hydrogens (tertiary/aromatic N) is 1. The zero-order valence-electron chi connectivity index (χ0n) is 13.3. The van der Waals surface area contributed by atoms with Gasteiger partial charge >= 0.3 is 0 Å². The number of ether oxygens (including phenoxy) is 1. The second kappa shape index (κ2) is 7.69. The maximum Gasteiger partial charge on any atom is 0.157 e.